The van der Waals surface area contributed by atoms with Gasteiger partial charge in [-0.2, -0.15) is 5.10 Å². The van der Waals surface area contributed by atoms with E-state index >= 15 is 0 Å². The highest BCUT2D eigenvalue weighted by Crippen LogP contribution is 2.23. The van der Waals surface area contributed by atoms with E-state index in [-0.39, 0.29) is 0 Å². The van der Waals surface area contributed by atoms with Gasteiger partial charge in [0.05, 0.1) is 12.3 Å². The van der Waals surface area contributed by atoms with Crippen LogP contribution in [0.3, 0.4) is 0 Å². The highest BCUT2D eigenvalue weighted by atomic mass is 35.5. The maximum atomic E-state index is 5.65. The zero-order valence-corrected chi connectivity index (χ0v) is 10.1. The van der Waals surface area contributed by atoms with Crippen LogP contribution in [0, 0.1) is 5.92 Å². The molecule has 0 N–H and O–H groups in total. The fourth-order valence-corrected chi connectivity index (χ4v) is 2.21. The predicted molar refractivity (Wildman–Crippen MR) is 63.3 cm³/mol. The summed E-state index contributed by atoms with van der Waals surface area (Å²) in [5.74, 6) is 0.744. The van der Waals surface area contributed by atoms with Gasteiger partial charge in [0.25, 0.3) is 0 Å². The number of rotatable bonds is 4. The minimum Gasteiger partial charge on any atom is -0.375 e. The van der Waals surface area contributed by atoms with Crippen molar-refractivity contribution in [3.05, 3.63) is 23.0 Å². The first-order valence-electron chi connectivity index (χ1n) is 5.90. The molecule has 1 heterocycles. The van der Waals surface area contributed by atoms with Gasteiger partial charge >= 0.3 is 0 Å². The predicted octanol–water partition coefficient (Wildman–Crippen LogP) is 3.23. The maximum Gasteiger partial charge on any atom is 0.151 e. The molecule has 1 aliphatic carbocycles. The third-order valence-corrected chi connectivity index (χ3v) is 3.22. The molecule has 0 radical (unpaired) electrons. The molecule has 1 aliphatic rings. The zero-order valence-electron chi connectivity index (χ0n) is 9.36. The molecule has 1 fully saturated rings. The summed E-state index contributed by atoms with van der Waals surface area (Å²) < 4.78 is 5.65. The number of nitrogens with zero attached hydrogens (tertiary/aromatic N) is 2. The van der Waals surface area contributed by atoms with Crippen LogP contribution in [0.4, 0.5) is 0 Å². The van der Waals surface area contributed by atoms with Crippen LogP contribution in [0.25, 0.3) is 0 Å². The summed E-state index contributed by atoms with van der Waals surface area (Å²) in [7, 11) is 0. The molecule has 16 heavy (non-hydrogen) atoms. The summed E-state index contributed by atoms with van der Waals surface area (Å²) in [6.07, 6.45) is 6.72. The number of ether oxygens (including phenoxy) is 1. The molecule has 0 aliphatic heterocycles. The van der Waals surface area contributed by atoms with Crippen molar-refractivity contribution < 1.29 is 4.74 Å². The summed E-state index contributed by atoms with van der Waals surface area (Å²) in [5, 5.41) is 8.16. The molecule has 1 saturated carbocycles. The van der Waals surface area contributed by atoms with Gasteiger partial charge in [-0.1, -0.05) is 30.9 Å². The van der Waals surface area contributed by atoms with Gasteiger partial charge in [0, 0.05) is 6.61 Å². The standard InChI is InChI=1S/C12H17ClN2O/c13-12-7-6-11(14-15-12)9-16-8-10-4-2-1-3-5-10/h6-7,10H,1-5,8-9H2. The highest BCUT2D eigenvalue weighted by molar-refractivity contribution is 6.29. The van der Waals surface area contributed by atoms with Crippen molar-refractivity contribution in [3.63, 3.8) is 0 Å². The molecule has 3 nitrogen and oxygen atoms in total. The highest BCUT2D eigenvalue weighted by Gasteiger charge is 2.13. The fourth-order valence-electron chi connectivity index (χ4n) is 2.10. The van der Waals surface area contributed by atoms with Crippen molar-refractivity contribution >= 4 is 11.6 Å². The van der Waals surface area contributed by atoms with Crippen LogP contribution in [0.5, 0.6) is 0 Å². The van der Waals surface area contributed by atoms with Crippen molar-refractivity contribution in [2.75, 3.05) is 6.61 Å². The molecular weight excluding hydrogens is 224 g/mol. The van der Waals surface area contributed by atoms with Crippen LogP contribution in [0.15, 0.2) is 12.1 Å². The van der Waals surface area contributed by atoms with Crippen molar-refractivity contribution in [1.82, 2.24) is 10.2 Å². The zero-order chi connectivity index (χ0) is 11.2. The quantitative estimate of drug-likeness (QED) is 0.811. The van der Waals surface area contributed by atoms with Crippen LogP contribution in [-0.2, 0) is 11.3 Å². The lowest BCUT2D eigenvalue weighted by Gasteiger charge is -2.21. The van der Waals surface area contributed by atoms with Crippen molar-refractivity contribution in [1.29, 1.82) is 0 Å². The molecule has 0 bridgehead atoms. The van der Waals surface area contributed by atoms with E-state index in [1.807, 2.05) is 6.07 Å². The smallest absolute Gasteiger partial charge is 0.151 e. The monoisotopic (exact) mass is 240 g/mol. The Labute approximate surface area is 101 Å². The van der Waals surface area contributed by atoms with E-state index in [9.17, 15) is 0 Å². The topological polar surface area (TPSA) is 35.0 Å². The average molecular weight is 241 g/mol. The van der Waals surface area contributed by atoms with Crippen LogP contribution in [-0.4, -0.2) is 16.8 Å². The van der Waals surface area contributed by atoms with E-state index in [1.165, 1.54) is 32.1 Å². The van der Waals surface area contributed by atoms with Crippen molar-refractivity contribution in [3.8, 4) is 0 Å². The van der Waals surface area contributed by atoms with Gasteiger partial charge in [0.15, 0.2) is 5.15 Å². The Morgan fingerprint density at radius 3 is 2.69 bits per heavy atom. The molecule has 0 atom stereocenters. The number of hydrogen-bond acceptors (Lipinski definition) is 3. The van der Waals surface area contributed by atoms with Gasteiger partial charge in [-0.15, -0.1) is 5.10 Å². The molecule has 0 aromatic carbocycles. The second-order valence-corrected chi connectivity index (χ2v) is 4.75. The van der Waals surface area contributed by atoms with Crippen molar-refractivity contribution in [2.45, 2.75) is 38.7 Å². The van der Waals surface area contributed by atoms with E-state index in [2.05, 4.69) is 10.2 Å². The SMILES string of the molecule is Clc1ccc(COCC2CCCCC2)nn1. The lowest BCUT2D eigenvalue weighted by atomic mass is 9.90. The molecule has 0 amide bonds. The van der Waals surface area contributed by atoms with E-state index in [4.69, 9.17) is 16.3 Å². The summed E-state index contributed by atoms with van der Waals surface area (Å²) in [6, 6.07) is 3.60. The van der Waals surface area contributed by atoms with Gasteiger partial charge in [-0.25, -0.2) is 0 Å². The molecule has 0 unspecified atom stereocenters. The number of hydrogen-bond donors (Lipinski definition) is 0. The molecule has 2 rings (SSSR count). The van der Waals surface area contributed by atoms with Gasteiger partial charge in [0.2, 0.25) is 0 Å². The average Bonchev–Trinajstić information content (AvgIpc) is 2.33. The number of halogens is 1. The third-order valence-electron chi connectivity index (χ3n) is 3.02. The lowest BCUT2D eigenvalue weighted by Crippen LogP contribution is -2.13. The Hall–Kier alpha value is -0.670. The molecule has 1 aromatic rings. The largest absolute Gasteiger partial charge is 0.375 e. The Bertz CT molecular complexity index is 309. The first-order valence-corrected chi connectivity index (χ1v) is 6.28. The molecule has 0 saturated heterocycles. The van der Waals surface area contributed by atoms with Gasteiger partial charge < -0.3 is 4.74 Å². The van der Waals surface area contributed by atoms with E-state index in [0.29, 0.717) is 11.8 Å². The second-order valence-electron chi connectivity index (χ2n) is 4.37. The summed E-state index contributed by atoms with van der Waals surface area (Å²) in [4.78, 5) is 0. The summed E-state index contributed by atoms with van der Waals surface area (Å²) >= 11 is 5.65. The molecule has 88 valence electrons. The van der Waals surface area contributed by atoms with Gasteiger partial charge in [-0.3, -0.25) is 0 Å². The first kappa shape index (κ1) is 11.8. The molecule has 0 spiro atoms. The Morgan fingerprint density at radius 2 is 2.00 bits per heavy atom. The van der Waals surface area contributed by atoms with Gasteiger partial charge in [0.1, 0.15) is 0 Å². The van der Waals surface area contributed by atoms with Gasteiger partial charge in [-0.05, 0) is 30.9 Å². The first-order chi connectivity index (χ1) is 7.84. The molecule has 4 heteroatoms. The van der Waals surface area contributed by atoms with Crippen LogP contribution in [0.2, 0.25) is 5.15 Å². The Kier molecular flexibility index (Phi) is 4.55. The van der Waals surface area contributed by atoms with E-state index in [1.54, 1.807) is 6.07 Å². The minimum atomic E-state index is 0.427. The minimum absolute atomic E-state index is 0.427. The number of aromatic nitrogens is 2. The summed E-state index contributed by atoms with van der Waals surface area (Å²) in [5.41, 5.74) is 0.847. The molecule has 1 aromatic heterocycles. The Balaban J connectivity index is 1.69. The summed E-state index contributed by atoms with van der Waals surface area (Å²) in [6.45, 7) is 1.39. The second kappa shape index (κ2) is 6.16. The third kappa shape index (κ3) is 3.72. The Morgan fingerprint density at radius 1 is 1.19 bits per heavy atom. The van der Waals surface area contributed by atoms with Crippen molar-refractivity contribution in [2.24, 2.45) is 5.92 Å². The fraction of sp³-hybridized carbons (Fsp3) is 0.667. The van der Waals surface area contributed by atoms with E-state index in [0.717, 1.165) is 18.2 Å². The van der Waals surface area contributed by atoms with Crippen LogP contribution in [0.1, 0.15) is 37.8 Å². The van der Waals surface area contributed by atoms with Crippen LogP contribution >= 0.6 is 11.6 Å². The normalized spacial score (nSPS) is 17.6. The lowest BCUT2D eigenvalue weighted by molar-refractivity contribution is 0.0716. The van der Waals surface area contributed by atoms with E-state index < -0.39 is 0 Å². The van der Waals surface area contributed by atoms with Crippen LogP contribution < -0.4 is 0 Å². The maximum absolute atomic E-state index is 5.65. The molecular formula is C12H17ClN2O.